The van der Waals surface area contributed by atoms with Crippen LogP contribution in [0, 0.1) is 0 Å². The number of thiazole rings is 1. The molecule has 0 saturated heterocycles. The minimum atomic E-state index is 0.581. The maximum atomic E-state index is 5.66. The topological polar surface area (TPSA) is 38.9 Å². The lowest BCUT2D eigenvalue weighted by Gasteiger charge is -2.00. The average Bonchev–Trinajstić information content (AvgIpc) is 2.88. The van der Waals surface area contributed by atoms with Gasteiger partial charge in [0.1, 0.15) is 5.01 Å². The zero-order valence-electron chi connectivity index (χ0n) is 10.6. The van der Waals surface area contributed by atoms with Gasteiger partial charge in [0, 0.05) is 23.2 Å². The Morgan fingerprint density at radius 1 is 1.39 bits per heavy atom. The third kappa shape index (κ3) is 3.57. The van der Waals surface area contributed by atoms with Crippen LogP contribution in [0.4, 0.5) is 0 Å². The largest absolute Gasteiger partial charge is 0.326 e. The molecule has 4 heteroatoms. The van der Waals surface area contributed by atoms with Crippen LogP contribution in [0.5, 0.6) is 0 Å². The predicted octanol–water partition coefficient (Wildman–Crippen LogP) is 3.91. The van der Waals surface area contributed by atoms with Crippen molar-refractivity contribution in [2.75, 3.05) is 5.75 Å². The first-order chi connectivity index (χ1) is 8.83. The van der Waals surface area contributed by atoms with Crippen molar-refractivity contribution in [3.8, 4) is 11.3 Å². The Morgan fingerprint density at radius 2 is 2.28 bits per heavy atom. The van der Waals surface area contributed by atoms with Gasteiger partial charge in [0.15, 0.2) is 0 Å². The molecule has 0 fully saturated rings. The Bertz CT molecular complexity index is 494. The van der Waals surface area contributed by atoms with E-state index in [4.69, 9.17) is 5.73 Å². The maximum Gasteiger partial charge on any atom is 0.103 e. The molecule has 0 amide bonds. The summed E-state index contributed by atoms with van der Waals surface area (Å²) in [5, 5.41) is 3.35. The third-order valence-electron chi connectivity index (χ3n) is 2.58. The van der Waals surface area contributed by atoms with Crippen LogP contribution in [-0.4, -0.2) is 10.7 Å². The molecule has 0 spiro atoms. The van der Waals surface area contributed by atoms with Crippen molar-refractivity contribution in [1.29, 1.82) is 0 Å². The highest BCUT2D eigenvalue weighted by atomic mass is 32.2. The fourth-order valence-corrected chi connectivity index (χ4v) is 3.45. The molecule has 0 unspecified atom stereocenters. The number of thioether (sulfide) groups is 1. The summed E-state index contributed by atoms with van der Waals surface area (Å²) in [6.07, 6.45) is 1.22. The molecule has 1 heterocycles. The second-order valence-corrected chi connectivity index (χ2v) is 6.13. The molecule has 0 aliphatic heterocycles. The lowest BCUT2D eigenvalue weighted by Crippen LogP contribution is -1.95. The quantitative estimate of drug-likeness (QED) is 0.814. The summed E-state index contributed by atoms with van der Waals surface area (Å²) in [5.41, 5.74) is 9.06. The number of aromatic nitrogens is 1. The van der Waals surface area contributed by atoms with E-state index in [0.29, 0.717) is 6.54 Å². The summed E-state index contributed by atoms with van der Waals surface area (Å²) in [7, 11) is 0. The van der Waals surface area contributed by atoms with Gasteiger partial charge in [-0.1, -0.05) is 25.1 Å². The van der Waals surface area contributed by atoms with E-state index in [9.17, 15) is 0 Å². The fraction of sp³-hybridized carbons (Fsp3) is 0.357. The molecule has 2 rings (SSSR count). The second kappa shape index (κ2) is 6.92. The smallest absolute Gasteiger partial charge is 0.103 e. The van der Waals surface area contributed by atoms with Gasteiger partial charge in [0.25, 0.3) is 0 Å². The number of rotatable bonds is 6. The molecule has 2 N–H and O–H groups in total. The minimum Gasteiger partial charge on any atom is -0.326 e. The first kappa shape index (κ1) is 13.6. The van der Waals surface area contributed by atoms with Gasteiger partial charge in [-0.2, -0.15) is 11.8 Å². The van der Waals surface area contributed by atoms with E-state index in [0.717, 1.165) is 17.0 Å². The van der Waals surface area contributed by atoms with Crippen molar-refractivity contribution >= 4 is 23.1 Å². The van der Waals surface area contributed by atoms with Gasteiger partial charge in [0.2, 0.25) is 0 Å². The summed E-state index contributed by atoms with van der Waals surface area (Å²) in [6, 6.07) is 8.31. The molecule has 2 nitrogen and oxygen atoms in total. The van der Waals surface area contributed by atoms with Gasteiger partial charge in [-0.3, -0.25) is 0 Å². The van der Waals surface area contributed by atoms with Gasteiger partial charge in [-0.25, -0.2) is 4.98 Å². The number of hydrogen-bond acceptors (Lipinski definition) is 4. The van der Waals surface area contributed by atoms with Crippen molar-refractivity contribution in [2.24, 2.45) is 5.73 Å². The first-order valence-corrected chi connectivity index (χ1v) is 8.18. The van der Waals surface area contributed by atoms with E-state index in [2.05, 4.69) is 29.4 Å². The van der Waals surface area contributed by atoms with E-state index in [1.54, 1.807) is 11.3 Å². The second-order valence-electron chi connectivity index (χ2n) is 4.08. The van der Waals surface area contributed by atoms with E-state index < -0.39 is 0 Å². The van der Waals surface area contributed by atoms with Crippen LogP contribution in [0.15, 0.2) is 29.6 Å². The fourth-order valence-electron chi connectivity index (χ4n) is 1.67. The van der Waals surface area contributed by atoms with Crippen LogP contribution in [-0.2, 0) is 12.3 Å². The minimum absolute atomic E-state index is 0.581. The number of benzene rings is 1. The molecule has 1 aromatic heterocycles. The lowest BCUT2D eigenvalue weighted by atomic mass is 10.1. The molecule has 0 aliphatic rings. The number of nitrogens with zero attached hydrogens (tertiary/aromatic N) is 1. The van der Waals surface area contributed by atoms with Crippen LogP contribution in [0.2, 0.25) is 0 Å². The normalized spacial score (nSPS) is 10.8. The van der Waals surface area contributed by atoms with Crippen molar-refractivity contribution < 1.29 is 0 Å². The maximum absolute atomic E-state index is 5.66. The van der Waals surface area contributed by atoms with Gasteiger partial charge in [0.05, 0.1) is 5.69 Å². The SMILES string of the molecule is CCCSCc1nc(-c2cccc(CN)c2)cs1. The Hall–Kier alpha value is -0.840. The van der Waals surface area contributed by atoms with Crippen LogP contribution in [0.1, 0.15) is 23.9 Å². The van der Waals surface area contributed by atoms with E-state index in [1.165, 1.54) is 22.7 Å². The van der Waals surface area contributed by atoms with E-state index in [1.807, 2.05) is 23.9 Å². The van der Waals surface area contributed by atoms with Crippen molar-refractivity contribution in [3.63, 3.8) is 0 Å². The molecule has 1 aromatic carbocycles. The number of hydrogen-bond donors (Lipinski definition) is 1. The zero-order chi connectivity index (χ0) is 12.8. The van der Waals surface area contributed by atoms with Gasteiger partial charge < -0.3 is 5.73 Å². The zero-order valence-corrected chi connectivity index (χ0v) is 12.2. The molecule has 0 saturated carbocycles. The standard InChI is InChI=1S/C14H18N2S2/c1-2-6-17-10-14-16-13(9-18-14)12-5-3-4-11(7-12)8-15/h3-5,7,9H,2,6,8,10,15H2,1H3. The molecule has 0 atom stereocenters. The van der Waals surface area contributed by atoms with Crippen LogP contribution in [0.3, 0.4) is 0 Å². The molecule has 18 heavy (non-hydrogen) atoms. The molecule has 0 radical (unpaired) electrons. The van der Waals surface area contributed by atoms with Gasteiger partial charge in [-0.05, 0) is 23.8 Å². The predicted molar refractivity (Wildman–Crippen MR) is 81.9 cm³/mol. The lowest BCUT2D eigenvalue weighted by molar-refractivity contribution is 1.07. The summed E-state index contributed by atoms with van der Waals surface area (Å²) >= 11 is 3.70. The highest BCUT2D eigenvalue weighted by Gasteiger charge is 2.05. The van der Waals surface area contributed by atoms with Crippen LogP contribution < -0.4 is 5.73 Å². The summed E-state index contributed by atoms with van der Waals surface area (Å²) in [6.45, 7) is 2.79. The van der Waals surface area contributed by atoms with E-state index >= 15 is 0 Å². The Labute approximate surface area is 117 Å². The van der Waals surface area contributed by atoms with Crippen molar-refractivity contribution in [1.82, 2.24) is 4.98 Å². The molecule has 0 bridgehead atoms. The third-order valence-corrected chi connectivity index (χ3v) is 4.79. The molecule has 0 aliphatic carbocycles. The summed E-state index contributed by atoms with van der Waals surface area (Å²) < 4.78 is 0. The molecule has 2 aromatic rings. The Kier molecular flexibility index (Phi) is 5.23. The Morgan fingerprint density at radius 3 is 3.06 bits per heavy atom. The first-order valence-electron chi connectivity index (χ1n) is 6.15. The summed E-state index contributed by atoms with van der Waals surface area (Å²) in [5.74, 6) is 2.23. The Balaban J connectivity index is 2.08. The highest BCUT2D eigenvalue weighted by molar-refractivity contribution is 7.98. The molecular formula is C14H18N2S2. The van der Waals surface area contributed by atoms with Crippen LogP contribution >= 0.6 is 23.1 Å². The summed E-state index contributed by atoms with van der Waals surface area (Å²) in [4.78, 5) is 4.68. The van der Waals surface area contributed by atoms with Crippen molar-refractivity contribution in [3.05, 3.63) is 40.2 Å². The van der Waals surface area contributed by atoms with Crippen molar-refractivity contribution in [2.45, 2.75) is 25.6 Å². The molecular weight excluding hydrogens is 260 g/mol. The molecule has 96 valence electrons. The average molecular weight is 278 g/mol. The van der Waals surface area contributed by atoms with E-state index in [-0.39, 0.29) is 0 Å². The number of nitrogens with two attached hydrogens (primary N) is 1. The monoisotopic (exact) mass is 278 g/mol. The van der Waals surface area contributed by atoms with Gasteiger partial charge in [-0.15, -0.1) is 11.3 Å². The van der Waals surface area contributed by atoms with Gasteiger partial charge >= 0.3 is 0 Å². The van der Waals surface area contributed by atoms with Crippen LogP contribution in [0.25, 0.3) is 11.3 Å². The highest BCUT2D eigenvalue weighted by Crippen LogP contribution is 2.25.